The van der Waals surface area contributed by atoms with Gasteiger partial charge in [-0.3, -0.25) is 4.79 Å². The molecule has 20 heavy (non-hydrogen) atoms. The van der Waals surface area contributed by atoms with E-state index in [0.29, 0.717) is 12.8 Å². The van der Waals surface area contributed by atoms with Crippen molar-refractivity contribution in [2.45, 2.75) is 57.1 Å². The van der Waals surface area contributed by atoms with Crippen molar-refractivity contribution >= 4 is 5.97 Å². The van der Waals surface area contributed by atoms with Crippen molar-refractivity contribution in [2.24, 2.45) is 5.92 Å². The van der Waals surface area contributed by atoms with Crippen molar-refractivity contribution in [1.29, 1.82) is 0 Å². The van der Waals surface area contributed by atoms with Gasteiger partial charge in [-0.15, -0.1) is 6.58 Å². The normalized spacial score (nSPS) is 36.5. The molecule has 0 spiro atoms. The summed E-state index contributed by atoms with van der Waals surface area (Å²) in [7, 11) is 1.54. The minimum Gasteiger partial charge on any atom is -0.481 e. The van der Waals surface area contributed by atoms with Gasteiger partial charge in [-0.1, -0.05) is 6.08 Å². The highest BCUT2D eigenvalue weighted by molar-refractivity contribution is 5.70. The third-order valence-corrected chi connectivity index (χ3v) is 3.66. The molecule has 0 aromatic rings. The molecule has 0 aromatic heterocycles. The molecule has 2 fully saturated rings. The van der Waals surface area contributed by atoms with Gasteiger partial charge in [0, 0.05) is 7.11 Å². The lowest BCUT2D eigenvalue weighted by atomic mass is 9.95. The predicted molar refractivity (Wildman–Crippen MR) is 70.1 cm³/mol. The van der Waals surface area contributed by atoms with Crippen LogP contribution in [-0.2, 0) is 23.7 Å². The Morgan fingerprint density at radius 2 is 2.10 bits per heavy atom. The van der Waals surface area contributed by atoms with Gasteiger partial charge in [-0.2, -0.15) is 0 Å². The Bertz CT molecular complexity index is 380. The third kappa shape index (κ3) is 3.03. The van der Waals surface area contributed by atoms with Gasteiger partial charge in [0.25, 0.3) is 0 Å². The summed E-state index contributed by atoms with van der Waals surface area (Å²) in [5.74, 6) is -2.10. The van der Waals surface area contributed by atoms with Crippen LogP contribution in [0, 0.1) is 5.92 Å². The van der Waals surface area contributed by atoms with Gasteiger partial charge in [-0.05, 0) is 26.7 Å². The first-order chi connectivity index (χ1) is 9.38. The van der Waals surface area contributed by atoms with Gasteiger partial charge in [0.2, 0.25) is 0 Å². The SMILES string of the molecule is C=CC[C@@H](C[C@H]1O[C@@H](OC)[C@H]2OC(C)(C)OC12)C(=O)O. The maximum atomic E-state index is 11.2. The van der Waals surface area contributed by atoms with Crippen molar-refractivity contribution in [3.63, 3.8) is 0 Å². The Kier molecular flexibility index (Phi) is 4.49. The van der Waals surface area contributed by atoms with E-state index in [0.717, 1.165) is 0 Å². The molecule has 5 atom stereocenters. The van der Waals surface area contributed by atoms with Gasteiger partial charge in [0.15, 0.2) is 12.1 Å². The molecule has 6 heteroatoms. The standard InChI is InChI=1S/C14H22O6/c1-5-6-8(12(15)16)7-9-10-11(13(17-4)18-9)20-14(2,3)19-10/h5,8-11,13H,1,6-7H2,2-4H3,(H,15,16)/t8-,9+,10?,11-,13+/m0/s1. The maximum Gasteiger partial charge on any atom is 0.306 e. The minimum absolute atomic E-state index is 0.304. The lowest BCUT2D eigenvalue weighted by Gasteiger charge is -2.24. The first kappa shape index (κ1) is 15.4. The Balaban J connectivity index is 2.08. The molecule has 0 aromatic carbocycles. The van der Waals surface area contributed by atoms with Crippen LogP contribution in [0.3, 0.4) is 0 Å². The number of hydrogen-bond donors (Lipinski definition) is 1. The molecule has 0 amide bonds. The van der Waals surface area contributed by atoms with Gasteiger partial charge < -0.3 is 24.1 Å². The number of aliphatic carboxylic acids is 1. The lowest BCUT2D eigenvalue weighted by molar-refractivity contribution is -0.228. The van der Waals surface area contributed by atoms with Crippen LogP contribution in [0.25, 0.3) is 0 Å². The van der Waals surface area contributed by atoms with Gasteiger partial charge >= 0.3 is 5.97 Å². The molecular formula is C14H22O6. The monoisotopic (exact) mass is 286 g/mol. The number of carbonyl (C=O) groups is 1. The van der Waals surface area contributed by atoms with E-state index >= 15 is 0 Å². The molecule has 6 nitrogen and oxygen atoms in total. The van der Waals surface area contributed by atoms with Crippen LogP contribution >= 0.6 is 0 Å². The number of hydrogen-bond acceptors (Lipinski definition) is 5. The van der Waals surface area contributed by atoms with E-state index in [9.17, 15) is 9.90 Å². The van der Waals surface area contributed by atoms with Crippen molar-refractivity contribution in [3.05, 3.63) is 12.7 Å². The highest BCUT2D eigenvalue weighted by Crippen LogP contribution is 2.40. The van der Waals surface area contributed by atoms with E-state index in [1.54, 1.807) is 6.08 Å². The largest absolute Gasteiger partial charge is 0.481 e. The third-order valence-electron chi connectivity index (χ3n) is 3.66. The number of carboxylic acids is 1. The van der Waals surface area contributed by atoms with Gasteiger partial charge in [-0.25, -0.2) is 0 Å². The quantitative estimate of drug-likeness (QED) is 0.747. The predicted octanol–water partition coefficient (Wildman–Crippen LogP) is 1.54. The molecule has 2 saturated heterocycles. The Labute approximate surface area is 118 Å². The average molecular weight is 286 g/mol. The summed E-state index contributed by atoms with van der Waals surface area (Å²) < 4.78 is 22.6. The van der Waals surface area contributed by atoms with Crippen LogP contribution in [0.15, 0.2) is 12.7 Å². The molecule has 2 heterocycles. The topological polar surface area (TPSA) is 74.2 Å². The minimum atomic E-state index is -0.857. The molecule has 1 unspecified atom stereocenters. The zero-order valence-corrected chi connectivity index (χ0v) is 12.1. The van der Waals surface area contributed by atoms with Crippen LogP contribution < -0.4 is 0 Å². The molecule has 0 bridgehead atoms. The number of fused-ring (bicyclic) bond motifs is 1. The first-order valence-electron chi connectivity index (χ1n) is 6.75. The molecule has 1 N–H and O–H groups in total. The van der Waals surface area contributed by atoms with Crippen molar-refractivity contribution in [3.8, 4) is 0 Å². The Morgan fingerprint density at radius 3 is 2.65 bits per heavy atom. The molecule has 2 rings (SSSR count). The second kappa shape index (κ2) is 5.81. The van der Waals surface area contributed by atoms with Crippen LogP contribution in [0.2, 0.25) is 0 Å². The molecule has 0 aliphatic carbocycles. The smallest absolute Gasteiger partial charge is 0.306 e. The van der Waals surface area contributed by atoms with Gasteiger partial charge in [0.1, 0.15) is 12.2 Å². The number of methoxy groups -OCH3 is 1. The van der Waals surface area contributed by atoms with E-state index < -0.39 is 24.0 Å². The summed E-state index contributed by atoms with van der Waals surface area (Å²) in [6.45, 7) is 7.25. The first-order valence-corrected chi connectivity index (χ1v) is 6.75. The van der Waals surface area contributed by atoms with E-state index in [4.69, 9.17) is 18.9 Å². The fourth-order valence-corrected chi connectivity index (χ4v) is 2.80. The summed E-state index contributed by atoms with van der Waals surface area (Å²) >= 11 is 0. The lowest BCUT2D eigenvalue weighted by Crippen LogP contribution is -2.32. The zero-order valence-electron chi connectivity index (χ0n) is 12.1. The summed E-state index contributed by atoms with van der Waals surface area (Å²) in [5, 5.41) is 9.22. The van der Waals surface area contributed by atoms with E-state index in [1.165, 1.54) is 7.11 Å². The number of allylic oxidation sites excluding steroid dienone is 1. The molecule has 0 radical (unpaired) electrons. The summed E-state index contributed by atoms with van der Waals surface area (Å²) in [6.07, 6.45) is 0.850. The number of carboxylic acid groups (broad SMARTS) is 1. The maximum absolute atomic E-state index is 11.2. The van der Waals surface area contributed by atoms with E-state index in [1.807, 2.05) is 13.8 Å². The fourth-order valence-electron chi connectivity index (χ4n) is 2.80. The Hall–Kier alpha value is -0.950. The van der Waals surface area contributed by atoms with E-state index in [2.05, 4.69) is 6.58 Å². The van der Waals surface area contributed by atoms with Crippen molar-refractivity contribution in [1.82, 2.24) is 0 Å². The number of rotatable bonds is 6. The van der Waals surface area contributed by atoms with Crippen LogP contribution in [0.5, 0.6) is 0 Å². The second-order valence-corrected chi connectivity index (χ2v) is 5.64. The summed E-state index contributed by atoms with van der Waals surface area (Å²) in [5.41, 5.74) is 0. The average Bonchev–Trinajstić information content (AvgIpc) is 2.82. The van der Waals surface area contributed by atoms with Crippen molar-refractivity contribution < 1.29 is 28.8 Å². The molecule has 114 valence electrons. The molecule has 0 saturated carbocycles. The van der Waals surface area contributed by atoms with Crippen molar-refractivity contribution in [2.75, 3.05) is 7.11 Å². The van der Waals surface area contributed by atoms with Crippen LogP contribution in [0.4, 0.5) is 0 Å². The summed E-state index contributed by atoms with van der Waals surface area (Å²) in [4.78, 5) is 11.2. The zero-order chi connectivity index (χ0) is 14.9. The molecule has 2 aliphatic rings. The van der Waals surface area contributed by atoms with Crippen LogP contribution in [-0.4, -0.2) is 48.6 Å². The van der Waals surface area contributed by atoms with E-state index in [-0.39, 0.29) is 18.3 Å². The second-order valence-electron chi connectivity index (χ2n) is 5.64. The molecular weight excluding hydrogens is 264 g/mol. The fraction of sp³-hybridized carbons (Fsp3) is 0.786. The number of ether oxygens (including phenoxy) is 4. The Morgan fingerprint density at radius 1 is 1.45 bits per heavy atom. The van der Waals surface area contributed by atoms with Gasteiger partial charge in [0.05, 0.1) is 12.0 Å². The highest BCUT2D eigenvalue weighted by Gasteiger charge is 2.55. The highest BCUT2D eigenvalue weighted by atomic mass is 16.8. The molecule has 2 aliphatic heterocycles. The summed E-state index contributed by atoms with van der Waals surface area (Å²) in [6, 6.07) is 0. The van der Waals surface area contributed by atoms with Crippen LogP contribution in [0.1, 0.15) is 26.7 Å².